The lowest BCUT2D eigenvalue weighted by Gasteiger charge is -2.36. The zero-order chi connectivity index (χ0) is 14.2. The van der Waals surface area contributed by atoms with Gasteiger partial charge in [0.2, 0.25) is 11.2 Å². The van der Waals surface area contributed by atoms with Crippen molar-refractivity contribution in [2.24, 2.45) is 5.41 Å². The molecule has 1 fully saturated rings. The van der Waals surface area contributed by atoms with Crippen LogP contribution in [0.2, 0.25) is 5.28 Å². The number of anilines is 1. The summed E-state index contributed by atoms with van der Waals surface area (Å²) in [6.45, 7) is 6.46. The van der Waals surface area contributed by atoms with Crippen LogP contribution in [0.4, 0.5) is 5.95 Å². The molecule has 1 saturated heterocycles. The van der Waals surface area contributed by atoms with Gasteiger partial charge in [-0.1, -0.05) is 13.8 Å². The van der Waals surface area contributed by atoms with E-state index >= 15 is 0 Å². The fraction of sp³-hybridized carbons (Fsp3) is 0.538. The number of hydrogen-bond donors (Lipinski definition) is 0. The van der Waals surface area contributed by atoms with Crippen molar-refractivity contribution in [2.75, 3.05) is 18.0 Å². The molecular weight excluding hydrogens is 276 g/mol. The van der Waals surface area contributed by atoms with Gasteiger partial charge in [0.15, 0.2) is 0 Å². The highest BCUT2D eigenvalue weighted by molar-refractivity contribution is 6.28. The van der Waals surface area contributed by atoms with E-state index in [4.69, 9.17) is 11.6 Å². The van der Waals surface area contributed by atoms with Gasteiger partial charge in [-0.05, 0) is 35.9 Å². The van der Waals surface area contributed by atoms with E-state index in [0.717, 1.165) is 25.9 Å². The maximum absolute atomic E-state index is 6.01. The summed E-state index contributed by atoms with van der Waals surface area (Å²) in [5.41, 5.74) is 0.387. The van der Waals surface area contributed by atoms with Crippen molar-refractivity contribution in [3.05, 3.63) is 23.7 Å². The summed E-state index contributed by atoms with van der Waals surface area (Å²) in [6.07, 6.45) is 5.70. The van der Waals surface area contributed by atoms with E-state index in [9.17, 15) is 0 Å². The summed E-state index contributed by atoms with van der Waals surface area (Å²) in [4.78, 5) is 15.0. The molecule has 106 valence electrons. The van der Waals surface area contributed by atoms with Crippen molar-refractivity contribution in [3.63, 3.8) is 0 Å². The van der Waals surface area contributed by atoms with Gasteiger partial charge in [0.25, 0.3) is 5.95 Å². The lowest BCUT2D eigenvalue weighted by atomic mass is 9.83. The molecule has 0 unspecified atom stereocenters. The number of aromatic nitrogens is 5. The molecule has 0 spiro atoms. The Morgan fingerprint density at radius 3 is 2.45 bits per heavy atom. The number of nitrogens with zero attached hydrogens (tertiary/aromatic N) is 6. The first-order valence-electron chi connectivity index (χ1n) is 6.70. The van der Waals surface area contributed by atoms with Crippen LogP contribution in [-0.4, -0.2) is 37.8 Å². The van der Waals surface area contributed by atoms with Crippen LogP contribution in [0.1, 0.15) is 26.7 Å². The third-order valence-electron chi connectivity index (χ3n) is 3.69. The van der Waals surface area contributed by atoms with Gasteiger partial charge in [0, 0.05) is 25.5 Å². The molecule has 0 aliphatic carbocycles. The van der Waals surface area contributed by atoms with Crippen molar-refractivity contribution in [2.45, 2.75) is 26.7 Å². The Kier molecular flexibility index (Phi) is 3.33. The van der Waals surface area contributed by atoms with E-state index in [2.05, 4.69) is 38.8 Å². The van der Waals surface area contributed by atoms with Gasteiger partial charge in [-0.3, -0.25) is 0 Å². The number of piperidine rings is 1. The van der Waals surface area contributed by atoms with Gasteiger partial charge in [-0.2, -0.15) is 20.1 Å². The van der Waals surface area contributed by atoms with E-state index in [-0.39, 0.29) is 5.28 Å². The molecule has 3 rings (SSSR count). The molecule has 3 heterocycles. The normalized spacial score (nSPS) is 18.2. The molecule has 2 aromatic rings. The topological polar surface area (TPSA) is 59.7 Å². The lowest BCUT2D eigenvalue weighted by Crippen LogP contribution is -2.38. The van der Waals surface area contributed by atoms with Crippen LogP contribution in [0.3, 0.4) is 0 Å². The average Bonchev–Trinajstić information content (AvgIpc) is 2.91. The second-order valence-corrected chi connectivity index (χ2v) is 6.14. The maximum atomic E-state index is 6.01. The Morgan fingerprint density at radius 2 is 1.80 bits per heavy atom. The van der Waals surface area contributed by atoms with Crippen LogP contribution in [0.25, 0.3) is 5.95 Å². The molecule has 0 radical (unpaired) electrons. The summed E-state index contributed by atoms with van der Waals surface area (Å²) in [5, 5.41) is 4.32. The predicted molar refractivity (Wildman–Crippen MR) is 77.2 cm³/mol. The molecule has 6 nitrogen and oxygen atoms in total. The molecule has 0 bridgehead atoms. The Morgan fingerprint density at radius 1 is 1.10 bits per heavy atom. The summed E-state index contributed by atoms with van der Waals surface area (Å²) in [7, 11) is 0. The first-order chi connectivity index (χ1) is 9.53. The smallest absolute Gasteiger partial charge is 0.256 e. The SMILES string of the molecule is CC1(C)CCN(c2nc(Cl)nc(-n3cccn3)n2)CC1. The zero-order valence-corrected chi connectivity index (χ0v) is 12.4. The quantitative estimate of drug-likeness (QED) is 0.850. The molecule has 0 amide bonds. The molecule has 20 heavy (non-hydrogen) atoms. The third-order valence-corrected chi connectivity index (χ3v) is 3.86. The monoisotopic (exact) mass is 292 g/mol. The highest BCUT2D eigenvalue weighted by atomic mass is 35.5. The highest BCUT2D eigenvalue weighted by Crippen LogP contribution is 2.31. The van der Waals surface area contributed by atoms with Crippen LogP contribution in [0, 0.1) is 5.41 Å². The van der Waals surface area contributed by atoms with Gasteiger partial charge in [0.05, 0.1) is 0 Å². The van der Waals surface area contributed by atoms with Crippen molar-refractivity contribution in [1.82, 2.24) is 24.7 Å². The van der Waals surface area contributed by atoms with Crippen LogP contribution < -0.4 is 4.90 Å². The van der Waals surface area contributed by atoms with Gasteiger partial charge in [-0.15, -0.1) is 0 Å². The summed E-state index contributed by atoms with van der Waals surface area (Å²) in [5.74, 6) is 1.08. The Bertz CT molecular complexity index is 585. The Balaban J connectivity index is 1.87. The van der Waals surface area contributed by atoms with Crippen molar-refractivity contribution in [3.8, 4) is 5.95 Å². The molecule has 2 aromatic heterocycles. The third kappa shape index (κ3) is 2.75. The fourth-order valence-corrected chi connectivity index (χ4v) is 2.42. The number of hydrogen-bond acceptors (Lipinski definition) is 5. The molecule has 1 aliphatic heterocycles. The summed E-state index contributed by atoms with van der Waals surface area (Å²) < 4.78 is 1.59. The zero-order valence-electron chi connectivity index (χ0n) is 11.6. The standard InChI is InChI=1S/C13H17ClN6/c1-13(2)4-8-19(9-5-13)11-16-10(14)17-12(18-11)20-7-3-6-15-20/h3,6-7H,4-5,8-9H2,1-2H3. The van der Waals surface area contributed by atoms with E-state index in [1.54, 1.807) is 17.1 Å². The van der Waals surface area contributed by atoms with Crippen LogP contribution in [-0.2, 0) is 0 Å². The van der Waals surface area contributed by atoms with Crippen molar-refractivity contribution in [1.29, 1.82) is 0 Å². The lowest BCUT2D eigenvalue weighted by molar-refractivity contribution is 0.278. The second kappa shape index (κ2) is 5.01. The largest absolute Gasteiger partial charge is 0.341 e. The maximum Gasteiger partial charge on any atom is 0.256 e. The minimum atomic E-state index is 0.199. The molecule has 0 atom stereocenters. The van der Waals surface area contributed by atoms with E-state index < -0.39 is 0 Å². The minimum Gasteiger partial charge on any atom is -0.341 e. The van der Waals surface area contributed by atoms with Crippen LogP contribution in [0.5, 0.6) is 0 Å². The van der Waals surface area contributed by atoms with Gasteiger partial charge < -0.3 is 4.90 Å². The van der Waals surface area contributed by atoms with E-state index in [1.807, 2.05) is 6.07 Å². The van der Waals surface area contributed by atoms with Gasteiger partial charge in [0.1, 0.15) is 0 Å². The first kappa shape index (κ1) is 13.3. The summed E-state index contributed by atoms with van der Waals surface area (Å²) >= 11 is 6.01. The van der Waals surface area contributed by atoms with Crippen LogP contribution >= 0.6 is 11.6 Å². The average molecular weight is 293 g/mol. The molecule has 0 aromatic carbocycles. The van der Waals surface area contributed by atoms with Gasteiger partial charge >= 0.3 is 0 Å². The van der Waals surface area contributed by atoms with E-state index in [1.165, 1.54) is 0 Å². The van der Waals surface area contributed by atoms with Crippen molar-refractivity contribution >= 4 is 17.5 Å². The number of halogens is 1. The molecule has 7 heteroatoms. The van der Waals surface area contributed by atoms with Crippen molar-refractivity contribution < 1.29 is 0 Å². The molecule has 0 N–H and O–H groups in total. The molecule has 0 saturated carbocycles. The molecular formula is C13H17ClN6. The Hall–Kier alpha value is -1.69. The molecule has 1 aliphatic rings. The van der Waals surface area contributed by atoms with Gasteiger partial charge in [-0.25, -0.2) is 4.68 Å². The van der Waals surface area contributed by atoms with E-state index in [0.29, 0.717) is 17.3 Å². The number of rotatable bonds is 2. The fourth-order valence-electron chi connectivity index (χ4n) is 2.27. The minimum absolute atomic E-state index is 0.199. The predicted octanol–water partition coefficient (Wildman–Crippen LogP) is 2.34. The second-order valence-electron chi connectivity index (χ2n) is 5.81. The summed E-state index contributed by atoms with van der Waals surface area (Å²) in [6, 6.07) is 1.82. The first-order valence-corrected chi connectivity index (χ1v) is 7.08. The van der Waals surface area contributed by atoms with Crippen LogP contribution in [0.15, 0.2) is 18.5 Å². The Labute approximate surface area is 122 Å². The highest BCUT2D eigenvalue weighted by Gasteiger charge is 2.27.